The number of aromatic nitrogens is 1. The van der Waals surface area contributed by atoms with Crippen LogP contribution in [0.3, 0.4) is 0 Å². The summed E-state index contributed by atoms with van der Waals surface area (Å²) in [5.74, 6) is -1.17. The summed E-state index contributed by atoms with van der Waals surface area (Å²) >= 11 is 0. The first-order valence-corrected chi connectivity index (χ1v) is 11.8. The van der Waals surface area contributed by atoms with E-state index < -0.39 is 45.0 Å². The van der Waals surface area contributed by atoms with Gasteiger partial charge in [-0.1, -0.05) is 12.1 Å². The minimum atomic E-state index is -6.08. The van der Waals surface area contributed by atoms with Gasteiger partial charge in [0.25, 0.3) is 5.60 Å². The van der Waals surface area contributed by atoms with Gasteiger partial charge in [-0.2, -0.15) is 26.3 Å². The van der Waals surface area contributed by atoms with Gasteiger partial charge in [0.15, 0.2) is 14.9 Å². The highest BCUT2D eigenvalue weighted by Gasteiger charge is 2.71. The third kappa shape index (κ3) is 5.69. The van der Waals surface area contributed by atoms with Gasteiger partial charge in [-0.25, -0.2) is 13.4 Å². The molecule has 3 rings (SSSR count). The van der Waals surface area contributed by atoms with Gasteiger partial charge in [-0.3, -0.25) is 4.79 Å². The monoisotopic (exact) mass is 526 g/mol. The largest absolute Gasteiger partial charge is 0.495 e. The Morgan fingerprint density at radius 1 is 1.11 bits per heavy atom. The molecule has 35 heavy (non-hydrogen) atoms. The Bertz CT molecular complexity index is 1180. The van der Waals surface area contributed by atoms with Gasteiger partial charge in [0.05, 0.1) is 25.0 Å². The van der Waals surface area contributed by atoms with Crippen molar-refractivity contribution in [1.29, 1.82) is 0 Å². The second-order valence-corrected chi connectivity index (χ2v) is 10.1. The van der Waals surface area contributed by atoms with Gasteiger partial charge >= 0.3 is 12.4 Å². The van der Waals surface area contributed by atoms with Crippen LogP contribution >= 0.6 is 0 Å². The van der Waals surface area contributed by atoms with E-state index in [0.717, 1.165) is 26.0 Å². The number of rotatable bonds is 8. The van der Waals surface area contributed by atoms with Gasteiger partial charge < -0.3 is 15.2 Å². The zero-order valence-corrected chi connectivity index (χ0v) is 18.9. The molecule has 1 aliphatic carbocycles. The lowest BCUT2D eigenvalue weighted by atomic mass is 9.91. The summed E-state index contributed by atoms with van der Waals surface area (Å²) in [6.07, 6.45) is -9.61. The number of pyridine rings is 1. The number of halogens is 6. The molecule has 14 heteroatoms. The third-order valence-corrected chi connectivity index (χ3v) is 7.14. The first-order valence-electron chi connectivity index (χ1n) is 10.1. The van der Waals surface area contributed by atoms with E-state index in [1.165, 1.54) is 18.3 Å². The number of carbonyl (C=O) groups excluding carboxylic acids is 1. The molecule has 0 aliphatic heterocycles. The molecule has 2 N–H and O–H groups in total. The standard InChI is InChI=1S/C21H20F6N2O5S/c1-34-16-9-14(19(31,20(22,23)24)21(25,26)27)5-6-15(16)29-17(30)8-13-4-7-18(28-10-13)35(32,33)11-12-2-3-12/h4-7,9-10,12,31H,2-3,8,11H2,1H3,(H,29,30). The summed E-state index contributed by atoms with van der Waals surface area (Å²) in [4.78, 5) is 16.2. The highest BCUT2D eigenvalue weighted by atomic mass is 32.2. The summed E-state index contributed by atoms with van der Waals surface area (Å²) in [7, 11) is -2.59. The van der Waals surface area contributed by atoms with Gasteiger partial charge in [0, 0.05) is 11.8 Å². The highest BCUT2D eigenvalue weighted by molar-refractivity contribution is 7.91. The fraction of sp³-hybridized carbons (Fsp3) is 0.429. The van der Waals surface area contributed by atoms with Crippen LogP contribution in [0.2, 0.25) is 0 Å². The Kier molecular flexibility index (Phi) is 7.10. The van der Waals surface area contributed by atoms with Crippen LogP contribution in [0.1, 0.15) is 24.0 Å². The average molecular weight is 526 g/mol. The first kappa shape index (κ1) is 26.7. The van der Waals surface area contributed by atoms with Crippen LogP contribution < -0.4 is 10.1 Å². The predicted molar refractivity (Wildman–Crippen MR) is 110 cm³/mol. The summed E-state index contributed by atoms with van der Waals surface area (Å²) in [6.45, 7) is 0. The van der Waals surface area contributed by atoms with Gasteiger partial charge in [-0.15, -0.1) is 0 Å². The lowest BCUT2D eigenvalue weighted by Gasteiger charge is -2.33. The Balaban J connectivity index is 1.76. The van der Waals surface area contributed by atoms with E-state index in [4.69, 9.17) is 4.74 Å². The Hall–Kier alpha value is -2.87. The van der Waals surface area contributed by atoms with E-state index in [2.05, 4.69) is 10.3 Å². The van der Waals surface area contributed by atoms with Crippen LogP contribution in [0.4, 0.5) is 32.0 Å². The number of nitrogens with zero attached hydrogens (tertiary/aromatic N) is 1. The number of ether oxygens (including phenoxy) is 1. The molecule has 0 bridgehead atoms. The number of alkyl halides is 6. The van der Waals surface area contributed by atoms with Crippen LogP contribution in [0.5, 0.6) is 5.75 Å². The second kappa shape index (κ2) is 9.30. The summed E-state index contributed by atoms with van der Waals surface area (Å²) < 4.78 is 108. The number of amides is 1. The van der Waals surface area contributed by atoms with Crippen molar-refractivity contribution in [3.8, 4) is 5.75 Å². The van der Waals surface area contributed by atoms with E-state index in [0.29, 0.717) is 17.7 Å². The summed E-state index contributed by atoms with van der Waals surface area (Å²) in [6, 6.07) is 4.07. The number of benzene rings is 1. The molecule has 0 spiro atoms. The Labute approximate surface area is 196 Å². The number of methoxy groups -OCH3 is 1. The number of anilines is 1. The second-order valence-electron chi connectivity index (χ2n) is 8.08. The van der Waals surface area contributed by atoms with Crippen molar-refractivity contribution in [1.82, 2.24) is 4.98 Å². The van der Waals surface area contributed by atoms with Crippen molar-refractivity contribution in [2.24, 2.45) is 5.92 Å². The number of sulfone groups is 1. The van der Waals surface area contributed by atoms with Gasteiger partial charge in [0.2, 0.25) is 5.91 Å². The quantitative estimate of drug-likeness (QED) is 0.508. The lowest BCUT2D eigenvalue weighted by molar-refractivity contribution is -0.376. The van der Waals surface area contributed by atoms with Crippen molar-refractivity contribution in [2.45, 2.75) is 42.2 Å². The van der Waals surface area contributed by atoms with Crippen LogP contribution in [-0.4, -0.2) is 49.6 Å². The molecular weight excluding hydrogens is 506 g/mol. The molecule has 1 aromatic heterocycles. The number of hydrogen-bond donors (Lipinski definition) is 2. The lowest BCUT2D eigenvalue weighted by Crippen LogP contribution is -2.53. The van der Waals surface area contributed by atoms with Crippen molar-refractivity contribution in [3.63, 3.8) is 0 Å². The SMILES string of the molecule is COc1cc(C(O)(C(F)(F)F)C(F)(F)F)ccc1NC(=O)Cc1ccc(S(=O)(=O)CC2CC2)nc1. The molecule has 1 amide bonds. The zero-order chi connectivity index (χ0) is 26.2. The maximum absolute atomic E-state index is 13.1. The molecule has 1 fully saturated rings. The fourth-order valence-electron chi connectivity index (χ4n) is 3.27. The molecule has 0 radical (unpaired) electrons. The Morgan fingerprint density at radius 2 is 1.74 bits per heavy atom. The molecule has 192 valence electrons. The molecular formula is C21H20F6N2O5S. The van der Waals surface area contributed by atoms with E-state index >= 15 is 0 Å². The maximum atomic E-state index is 13.1. The normalized spacial score (nSPS) is 15.1. The molecule has 1 saturated carbocycles. The predicted octanol–water partition coefficient (Wildman–Crippen LogP) is 3.77. The number of aliphatic hydroxyl groups is 1. The van der Waals surface area contributed by atoms with E-state index in [1.807, 2.05) is 0 Å². The smallest absolute Gasteiger partial charge is 0.430 e. The molecule has 0 saturated heterocycles. The molecule has 2 aromatic rings. The van der Waals surface area contributed by atoms with Crippen molar-refractivity contribution >= 4 is 21.4 Å². The average Bonchev–Trinajstić information content (AvgIpc) is 3.55. The molecule has 1 aromatic carbocycles. The summed E-state index contributed by atoms with van der Waals surface area (Å²) in [5, 5.41) is 11.7. The summed E-state index contributed by atoms with van der Waals surface area (Å²) in [5.41, 5.74) is -6.63. The molecule has 1 aliphatic rings. The van der Waals surface area contributed by atoms with E-state index in [-0.39, 0.29) is 28.8 Å². The Morgan fingerprint density at radius 3 is 2.23 bits per heavy atom. The first-order chi connectivity index (χ1) is 16.1. The minimum Gasteiger partial charge on any atom is -0.495 e. The van der Waals surface area contributed by atoms with Crippen LogP contribution in [0.25, 0.3) is 0 Å². The number of nitrogens with one attached hydrogen (secondary N) is 1. The minimum absolute atomic E-state index is 0.00652. The van der Waals surface area contributed by atoms with E-state index in [1.54, 1.807) is 0 Å². The maximum Gasteiger partial charge on any atom is 0.430 e. The molecule has 0 unspecified atom stereocenters. The zero-order valence-electron chi connectivity index (χ0n) is 18.1. The van der Waals surface area contributed by atoms with Crippen LogP contribution in [-0.2, 0) is 26.7 Å². The number of carbonyl (C=O) groups is 1. The van der Waals surface area contributed by atoms with Gasteiger partial charge in [0.1, 0.15) is 5.75 Å². The van der Waals surface area contributed by atoms with Crippen molar-refractivity contribution < 1.29 is 49.4 Å². The highest BCUT2D eigenvalue weighted by Crippen LogP contribution is 2.51. The van der Waals surface area contributed by atoms with E-state index in [9.17, 15) is 44.7 Å². The van der Waals surface area contributed by atoms with Crippen molar-refractivity contribution in [2.75, 3.05) is 18.2 Å². The topological polar surface area (TPSA) is 106 Å². The van der Waals surface area contributed by atoms with Crippen LogP contribution in [0.15, 0.2) is 41.6 Å². The van der Waals surface area contributed by atoms with Crippen molar-refractivity contribution in [3.05, 3.63) is 47.7 Å². The molecule has 0 atom stereocenters. The fourth-order valence-corrected chi connectivity index (χ4v) is 4.88. The number of hydrogen-bond acceptors (Lipinski definition) is 6. The van der Waals surface area contributed by atoms with Gasteiger partial charge in [-0.05, 0) is 42.5 Å². The van der Waals surface area contributed by atoms with Crippen LogP contribution in [0, 0.1) is 5.92 Å². The molecule has 1 heterocycles. The molecule has 7 nitrogen and oxygen atoms in total. The third-order valence-electron chi connectivity index (χ3n) is 5.35.